The molecule has 21 heavy (non-hydrogen) atoms. The van der Waals surface area contributed by atoms with E-state index >= 15 is 0 Å². The molecule has 1 aliphatic heterocycles. The zero-order valence-electron chi connectivity index (χ0n) is 12.0. The first-order valence-corrected chi connectivity index (χ1v) is 7.87. The van der Waals surface area contributed by atoms with Crippen molar-refractivity contribution < 1.29 is 9.90 Å². The molecular weight excluding hydrogens is 311 g/mol. The normalized spacial score (nSPS) is 21.0. The van der Waals surface area contributed by atoms with Crippen LogP contribution in [0.1, 0.15) is 19.8 Å². The van der Waals surface area contributed by atoms with Crippen LogP contribution in [0, 0.1) is 5.92 Å². The summed E-state index contributed by atoms with van der Waals surface area (Å²) in [6, 6.07) is 5.11. The molecule has 1 aromatic carbocycles. The highest BCUT2D eigenvalue weighted by Gasteiger charge is 2.24. The molecule has 1 aromatic rings. The van der Waals surface area contributed by atoms with E-state index < -0.39 is 0 Å². The number of halogens is 2. The summed E-state index contributed by atoms with van der Waals surface area (Å²) < 4.78 is 0. The van der Waals surface area contributed by atoms with Crippen molar-refractivity contribution in [3.63, 3.8) is 0 Å². The van der Waals surface area contributed by atoms with Gasteiger partial charge in [-0.1, -0.05) is 29.3 Å². The Morgan fingerprint density at radius 1 is 1.48 bits per heavy atom. The number of para-hydroxylation sites is 1. The Hall–Kier alpha value is -0.810. The van der Waals surface area contributed by atoms with Gasteiger partial charge < -0.3 is 10.4 Å². The molecule has 0 spiro atoms. The van der Waals surface area contributed by atoms with Gasteiger partial charge in [0.2, 0.25) is 5.91 Å². The summed E-state index contributed by atoms with van der Waals surface area (Å²) in [6.45, 7) is 3.69. The fraction of sp³-hybridized carbons (Fsp3) is 0.533. The SMILES string of the molecule is CC(O)C1CCCN(CC(=O)Nc2c(Cl)cccc2Cl)C1. The minimum atomic E-state index is -0.339. The Morgan fingerprint density at radius 3 is 2.76 bits per heavy atom. The van der Waals surface area contributed by atoms with Gasteiger partial charge in [0.1, 0.15) is 0 Å². The minimum Gasteiger partial charge on any atom is -0.393 e. The van der Waals surface area contributed by atoms with Gasteiger partial charge in [0.25, 0.3) is 0 Å². The van der Waals surface area contributed by atoms with Crippen molar-refractivity contribution in [1.82, 2.24) is 4.90 Å². The second-order valence-electron chi connectivity index (χ2n) is 5.52. The van der Waals surface area contributed by atoms with E-state index in [0.717, 1.165) is 25.9 Å². The molecule has 1 aliphatic rings. The zero-order chi connectivity index (χ0) is 15.4. The van der Waals surface area contributed by atoms with Crippen molar-refractivity contribution in [2.24, 2.45) is 5.92 Å². The predicted molar refractivity (Wildman–Crippen MR) is 85.9 cm³/mol. The lowest BCUT2D eigenvalue weighted by Crippen LogP contribution is -2.43. The summed E-state index contributed by atoms with van der Waals surface area (Å²) in [5, 5.41) is 13.3. The van der Waals surface area contributed by atoms with E-state index in [2.05, 4.69) is 10.2 Å². The molecule has 0 aromatic heterocycles. The first-order valence-electron chi connectivity index (χ1n) is 7.11. The molecule has 2 atom stereocenters. The highest BCUT2D eigenvalue weighted by molar-refractivity contribution is 6.39. The number of anilines is 1. The highest BCUT2D eigenvalue weighted by atomic mass is 35.5. The number of hydrogen-bond acceptors (Lipinski definition) is 3. The fourth-order valence-corrected chi connectivity index (χ4v) is 3.12. The van der Waals surface area contributed by atoms with Crippen LogP contribution in [0.2, 0.25) is 10.0 Å². The third-order valence-electron chi connectivity index (χ3n) is 3.82. The van der Waals surface area contributed by atoms with Crippen molar-refractivity contribution in [3.8, 4) is 0 Å². The summed E-state index contributed by atoms with van der Waals surface area (Å²) >= 11 is 12.1. The topological polar surface area (TPSA) is 52.6 Å². The van der Waals surface area contributed by atoms with Gasteiger partial charge in [-0.05, 0) is 44.4 Å². The van der Waals surface area contributed by atoms with E-state index in [0.29, 0.717) is 15.7 Å². The molecule has 0 saturated carbocycles. The summed E-state index contributed by atoms with van der Waals surface area (Å²) in [5.74, 6) is 0.0895. The van der Waals surface area contributed by atoms with Gasteiger partial charge in [-0.3, -0.25) is 9.69 Å². The smallest absolute Gasteiger partial charge is 0.238 e. The van der Waals surface area contributed by atoms with E-state index in [9.17, 15) is 9.90 Å². The van der Waals surface area contributed by atoms with E-state index in [1.807, 2.05) is 0 Å². The maximum Gasteiger partial charge on any atom is 0.238 e. The maximum absolute atomic E-state index is 12.1. The molecule has 2 unspecified atom stereocenters. The molecule has 6 heteroatoms. The minimum absolute atomic E-state index is 0.142. The van der Waals surface area contributed by atoms with Gasteiger partial charge in [-0.25, -0.2) is 0 Å². The Kier molecular flexibility index (Phi) is 5.88. The van der Waals surface area contributed by atoms with Crippen molar-refractivity contribution >= 4 is 34.8 Å². The Morgan fingerprint density at radius 2 is 2.14 bits per heavy atom. The maximum atomic E-state index is 12.1. The molecule has 2 rings (SSSR count). The van der Waals surface area contributed by atoms with Gasteiger partial charge in [0.05, 0.1) is 28.4 Å². The summed E-state index contributed by atoms with van der Waals surface area (Å²) in [7, 11) is 0. The third kappa shape index (κ3) is 4.58. The lowest BCUT2D eigenvalue weighted by atomic mass is 9.93. The number of amides is 1. The van der Waals surface area contributed by atoms with Crippen molar-refractivity contribution in [1.29, 1.82) is 0 Å². The van der Waals surface area contributed by atoms with Crippen molar-refractivity contribution in [3.05, 3.63) is 28.2 Å². The Labute approximate surface area is 135 Å². The second kappa shape index (κ2) is 7.45. The van der Waals surface area contributed by atoms with Gasteiger partial charge in [0.15, 0.2) is 0 Å². The lowest BCUT2D eigenvalue weighted by molar-refractivity contribution is -0.118. The molecular formula is C15H20Cl2N2O2. The van der Waals surface area contributed by atoms with E-state index in [-0.39, 0.29) is 24.5 Å². The number of carbonyl (C=O) groups excluding carboxylic acids is 1. The van der Waals surface area contributed by atoms with Crippen molar-refractivity contribution in [2.45, 2.75) is 25.9 Å². The molecule has 1 fully saturated rings. The standard InChI is InChI=1S/C15H20Cl2N2O2/c1-10(20)11-4-3-7-19(8-11)9-14(21)18-15-12(16)5-2-6-13(15)17/h2,5-6,10-11,20H,3-4,7-9H2,1H3,(H,18,21). The van der Waals surface area contributed by atoms with Crippen LogP contribution in [0.3, 0.4) is 0 Å². The van der Waals surface area contributed by atoms with Gasteiger partial charge in [-0.15, -0.1) is 0 Å². The van der Waals surface area contributed by atoms with E-state index in [1.165, 1.54) is 0 Å². The molecule has 4 nitrogen and oxygen atoms in total. The monoisotopic (exact) mass is 330 g/mol. The summed E-state index contributed by atoms with van der Waals surface area (Å²) in [4.78, 5) is 14.2. The Balaban J connectivity index is 1.93. The first kappa shape index (κ1) is 16.6. The number of carbonyl (C=O) groups is 1. The van der Waals surface area contributed by atoms with Crippen LogP contribution in [0.25, 0.3) is 0 Å². The largest absolute Gasteiger partial charge is 0.393 e. The molecule has 2 N–H and O–H groups in total. The van der Waals surface area contributed by atoms with Crippen LogP contribution in [0.4, 0.5) is 5.69 Å². The lowest BCUT2D eigenvalue weighted by Gasteiger charge is -2.33. The van der Waals surface area contributed by atoms with E-state index in [1.54, 1.807) is 25.1 Å². The first-order chi connectivity index (χ1) is 9.97. The second-order valence-corrected chi connectivity index (χ2v) is 6.34. The average Bonchev–Trinajstić information content (AvgIpc) is 2.43. The quantitative estimate of drug-likeness (QED) is 0.892. The molecule has 116 valence electrons. The summed E-state index contributed by atoms with van der Waals surface area (Å²) in [6.07, 6.45) is 1.66. The molecule has 1 saturated heterocycles. The third-order valence-corrected chi connectivity index (χ3v) is 4.45. The fourth-order valence-electron chi connectivity index (χ4n) is 2.63. The van der Waals surface area contributed by atoms with Gasteiger partial charge in [0, 0.05) is 6.54 Å². The molecule has 0 bridgehead atoms. The average molecular weight is 331 g/mol. The number of nitrogens with zero attached hydrogens (tertiary/aromatic N) is 1. The van der Waals surface area contributed by atoms with Crippen LogP contribution < -0.4 is 5.32 Å². The predicted octanol–water partition coefficient (Wildman–Crippen LogP) is 3.02. The molecule has 0 radical (unpaired) electrons. The van der Waals surface area contributed by atoms with Crippen molar-refractivity contribution in [2.75, 3.05) is 25.0 Å². The van der Waals surface area contributed by atoms with Crippen LogP contribution in [-0.2, 0) is 4.79 Å². The number of hydrogen-bond donors (Lipinski definition) is 2. The summed E-state index contributed by atoms with van der Waals surface area (Å²) in [5.41, 5.74) is 0.454. The molecule has 1 amide bonds. The van der Waals surface area contributed by atoms with Crippen LogP contribution in [-0.4, -0.2) is 41.7 Å². The number of aliphatic hydroxyl groups is 1. The Bertz CT molecular complexity index is 488. The number of aliphatic hydroxyl groups excluding tert-OH is 1. The number of nitrogens with one attached hydrogen (secondary N) is 1. The van der Waals surface area contributed by atoms with Crippen LogP contribution in [0.5, 0.6) is 0 Å². The zero-order valence-corrected chi connectivity index (χ0v) is 13.5. The number of likely N-dealkylation sites (tertiary alicyclic amines) is 1. The highest BCUT2D eigenvalue weighted by Crippen LogP contribution is 2.29. The van der Waals surface area contributed by atoms with Gasteiger partial charge in [-0.2, -0.15) is 0 Å². The number of rotatable bonds is 4. The molecule has 0 aliphatic carbocycles. The molecule has 1 heterocycles. The van der Waals surface area contributed by atoms with Crippen LogP contribution >= 0.6 is 23.2 Å². The number of benzene rings is 1. The van der Waals surface area contributed by atoms with Gasteiger partial charge >= 0.3 is 0 Å². The van der Waals surface area contributed by atoms with E-state index in [4.69, 9.17) is 23.2 Å². The number of piperidine rings is 1. The van der Waals surface area contributed by atoms with Crippen LogP contribution in [0.15, 0.2) is 18.2 Å².